The van der Waals surface area contributed by atoms with E-state index in [4.69, 9.17) is 4.74 Å². The van der Waals surface area contributed by atoms with Crippen LogP contribution in [-0.2, 0) is 14.8 Å². The number of nitro groups is 1. The second-order valence-corrected chi connectivity index (χ2v) is 6.85. The predicted octanol–water partition coefficient (Wildman–Crippen LogP) is 3.32. The van der Waals surface area contributed by atoms with Crippen molar-refractivity contribution in [2.45, 2.75) is 38.2 Å². The van der Waals surface area contributed by atoms with E-state index in [2.05, 4.69) is 11.0 Å². The standard InChI is InChI=1S/C15H20N2O5S/c1-5-6-12(4)15(22-11(2)3)16-23(20,21)14-9-7-13(8-10-14)17(18)19/h5,7-12H,1,6H2,2-4H3. The van der Waals surface area contributed by atoms with Crippen LogP contribution in [0.4, 0.5) is 5.69 Å². The van der Waals surface area contributed by atoms with Crippen molar-refractivity contribution in [2.24, 2.45) is 10.3 Å². The van der Waals surface area contributed by atoms with E-state index in [9.17, 15) is 18.5 Å². The van der Waals surface area contributed by atoms with Crippen LogP contribution >= 0.6 is 0 Å². The van der Waals surface area contributed by atoms with Gasteiger partial charge in [0.25, 0.3) is 15.7 Å². The van der Waals surface area contributed by atoms with E-state index >= 15 is 0 Å². The molecule has 1 atom stereocenters. The summed E-state index contributed by atoms with van der Waals surface area (Å²) < 4.78 is 34.0. The maximum Gasteiger partial charge on any atom is 0.285 e. The van der Waals surface area contributed by atoms with E-state index in [-0.39, 0.29) is 28.5 Å². The fourth-order valence-corrected chi connectivity index (χ4v) is 2.78. The van der Waals surface area contributed by atoms with Gasteiger partial charge in [0.2, 0.25) is 5.90 Å². The highest BCUT2D eigenvalue weighted by Gasteiger charge is 2.20. The minimum Gasteiger partial charge on any atom is -0.477 e. The van der Waals surface area contributed by atoms with Gasteiger partial charge >= 0.3 is 0 Å². The molecule has 0 N–H and O–H groups in total. The topological polar surface area (TPSA) is 98.9 Å². The van der Waals surface area contributed by atoms with Crippen molar-refractivity contribution in [2.75, 3.05) is 0 Å². The van der Waals surface area contributed by atoms with Gasteiger partial charge in [-0.05, 0) is 32.4 Å². The third-order valence-electron chi connectivity index (χ3n) is 2.85. The molecule has 0 radical (unpaired) electrons. The molecule has 0 spiro atoms. The highest BCUT2D eigenvalue weighted by Crippen LogP contribution is 2.19. The lowest BCUT2D eigenvalue weighted by Crippen LogP contribution is -2.21. The van der Waals surface area contributed by atoms with Crippen molar-refractivity contribution in [3.05, 3.63) is 47.0 Å². The summed E-state index contributed by atoms with van der Waals surface area (Å²) in [5, 5.41) is 10.6. The second-order valence-electron chi connectivity index (χ2n) is 5.25. The summed E-state index contributed by atoms with van der Waals surface area (Å²) in [5.41, 5.74) is -0.188. The first kappa shape index (κ1) is 18.8. The number of nitro benzene ring substituents is 1. The van der Waals surface area contributed by atoms with Gasteiger partial charge in [0.15, 0.2) is 0 Å². The molecule has 7 nitrogen and oxygen atoms in total. The molecule has 0 fully saturated rings. The predicted molar refractivity (Wildman–Crippen MR) is 87.9 cm³/mol. The third-order valence-corrected chi connectivity index (χ3v) is 4.14. The molecule has 126 valence electrons. The normalized spacial score (nSPS) is 13.7. The van der Waals surface area contributed by atoms with Gasteiger partial charge in [0, 0.05) is 18.1 Å². The van der Waals surface area contributed by atoms with E-state index < -0.39 is 14.9 Å². The number of nitrogens with zero attached hydrogens (tertiary/aromatic N) is 2. The van der Waals surface area contributed by atoms with Crippen LogP contribution in [0, 0.1) is 16.0 Å². The lowest BCUT2D eigenvalue weighted by molar-refractivity contribution is -0.384. The Hall–Kier alpha value is -2.22. The molecule has 1 unspecified atom stereocenters. The minimum atomic E-state index is -4.00. The number of rotatable bonds is 7. The third kappa shape index (κ3) is 5.48. The Kier molecular flexibility index (Phi) is 6.44. The monoisotopic (exact) mass is 340 g/mol. The quantitative estimate of drug-likeness (QED) is 0.249. The van der Waals surface area contributed by atoms with Gasteiger partial charge in [0.05, 0.1) is 15.9 Å². The lowest BCUT2D eigenvalue weighted by atomic mass is 10.1. The van der Waals surface area contributed by atoms with Crippen molar-refractivity contribution in [3.8, 4) is 0 Å². The molecule has 8 heteroatoms. The molecule has 0 heterocycles. The molecule has 1 aromatic rings. The van der Waals surface area contributed by atoms with Crippen LogP contribution in [0.25, 0.3) is 0 Å². The molecule has 1 rings (SSSR count). The van der Waals surface area contributed by atoms with Gasteiger partial charge in [-0.1, -0.05) is 13.0 Å². The van der Waals surface area contributed by atoms with E-state index in [1.54, 1.807) is 26.8 Å². The highest BCUT2D eigenvalue weighted by atomic mass is 32.2. The number of sulfonamides is 1. The number of benzene rings is 1. The molecule has 0 aliphatic carbocycles. The molecule has 0 saturated carbocycles. The zero-order chi connectivity index (χ0) is 17.6. The zero-order valence-corrected chi connectivity index (χ0v) is 14.1. The first-order valence-electron chi connectivity index (χ1n) is 7.04. The SMILES string of the molecule is C=CCC(C)C(=NS(=O)(=O)c1ccc([N+](=O)[O-])cc1)OC(C)C. The summed E-state index contributed by atoms with van der Waals surface area (Å²) in [6.45, 7) is 8.95. The van der Waals surface area contributed by atoms with Crippen molar-refractivity contribution in [1.29, 1.82) is 0 Å². The average Bonchev–Trinajstić information content (AvgIpc) is 2.46. The Bertz CT molecular complexity index is 693. The molecular weight excluding hydrogens is 320 g/mol. The smallest absolute Gasteiger partial charge is 0.285 e. The van der Waals surface area contributed by atoms with Crippen LogP contribution in [0.3, 0.4) is 0 Å². The largest absolute Gasteiger partial charge is 0.477 e. The van der Waals surface area contributed by atoms with Gasteiger partial charge in [-0.15, -0.1) is 11.0 Å². The van der Waals surface area contributed by atoms with Crippen LogP contribution in [-0.4, -0.2) is 25.3 Å². The Morgan fingerprint density at radius 2 is 1.91 bits per heavy atom. The number of allylic oxidation sites excluding steroid dienone is 1. The summed E-state index contributed by atoms with van der Waals surface area (Å²) in [7, 11) is -4.00. The van der Waals surface area contributed by atoms with Crippen molar-refractivity contribution in [3.63, 3.8) is 0 Å². The summed E-state index contributed by atoms with van der Waals surface area (Å²) in [5.74, 6) is -0.152. The highest BCUT2D eigenvalue weighted by molar-refractivity contribution is 7.90. The molecule has 1 aromatic carbocycles. The maximum atomic E-state index is 12.4. The zero-order valence-electron chi connectivity index (χ0n) is 13.3. The molecule has 0 aliphatic heterocycles. The summed E-state index contributed by atoms with van der Waals surface area (Å²) in [6.07, 6.45) is 1.94. The molecule has 0 bridgehead atoms. The van der Waals surface area contributed by atoms with Crippen LogP contribution in [0.1, 0.15) is 27.2 Å². The molecule has 23 heavy (non-hydrogen) atoms. The van der Waals surface area contributed by atoms with E-state index in [0.717, 1.165) is 24.3 Å². The first-order valence-corrected chi connectivity index (χ1v) is 8.48. The van der Waals surface area contributed by atoms with Crippen LogP contribution in [0.15, 0.2) is 46.2 Å². The van der Waals surface area contributed by atoms with Crippen molar-refractivity contribution in [1.82, 2.24) is 0 Å². The lowest BCUT2D eigenvalue weighted by Gasteiger charge is -2.17. The summed E-state index contributed by atoms with van der Waals surface area (Å²) >= 11 is 0. The van der Waals surface area contributed by atoms with E-state index in [1.807, 2.05) is 0 Å². The molecule has 0 aromatic heterocycles. The van der Waals surface area contributed by atoms with Gasteiger partial charge in [-0.2, -0.15) is 8.42 Å². The van der Waals surface area contributed by atoms with Gasteiger partial charge < -0.3 is 4.74 Å². The van der Waals surface area contributed by atoms with Crippen LogP contribution in [0.2, 0.25) is 0 Å². The van der Waals surface area contributed by atoms with Crippen molar-refractivity contribution < 1.29 is 18.1 Å². The van der Waals surface area contributed by atoms with E-state index in [1.165, 1.54) is 0 Å². The maximum absolute atomic E-state index is 12.4. The van der Waals surface area contributed by atoms with Crippen LogP contribution < -0.4 is 0 Å². The average molecular weight is 340 g/mol. The Morgan fingerprint density at radius 1 is 1.35 bits per heavy atom. The summed E-state index contributed by atoms with van der Waals surface area (Å²) in [6, 6.07) is 4.56. The minimum absolute atomic E-state index is 0.0956. The van der Waals surface area contributed by atoms with E-state index in [0.29, 0.717) is 6.42 Å². The van der Waals surface area contributed by atoms with Gasteiger partial charge in [-0.3, -0.25) is 10.1 Å². The number of ether oxygens (including phenoxy) is 1. The fourth-order valence-electron chi connectivity index (χ4n) is 1.73. The second kappa shape index (κ2) is 7.87. The molecular formula is C15H20N2O5S. The van der Waals surface area contributed by atoms with Gasteiger partial charge in [-0.25, -0.2) is 0 Å². The van der Waals surface area contributed by atoms with Gasteiger partial charge in [0.1, 0.15) is 0 Å². The first-order chi connectivity index (χ1) is 10.7. The molecule has 0 amide bonds. The Balaban J connectivity index is 3.20. The van der Waals surface area contributed by atoms with Crippen LogP contribution in [0.5, 0.6) is 0 Å². The Morgan fingerprint density at radius 3 is 2.35 bits per heavy atom. The molecule has 0 saturated heterocycles. The molecule has 0 aliphatic rings. The number of non-ortho nitro benzene ring substituents is 1. The number of hydrogen-bond donors (Lipinski definition) is 0. The fraction of sp³-hybridized carbons (Fsp3) is 0.400. The summed E-state index contributed by atoms with van der Waals surface area (Å²) in [4.78, 5) is 9.90. The van der Waals surface area contributed by atoms with Crippen molar-refractivity contribution >= 4 is 21.6 Å². The number of hydrogen-bond acceptors (Lipinski definition) is 5. The Labute approximate surface area is 135 Å².